The highest BCUT2D eigenvalue weighted by atomic mass is 32.1. The van der Waals surface area contributed by atoms with Crippen molar-refractivity contribution in [3.63, 3.8) is 0 Å². The van der Waals surface area contributed by atoms with E-state index in [0.29, 0.717) is 0 Å². The molecule has 0 bridgehead atoms. The van der Waals surface area contributed by atoms with Crippen molar-refractivity contribution in [1.82, 2.24) is 16.0 Å². The topological polar surface area (TPSA) is 188 Å². The Morgan fingerprint density at radius 2 is 1.46 bits per heavy atom. The van der Waals surface area contributed by atoms with Crippen LogP contribution in [0.5, 0.6) is 0 Å². The lowest BCUT2D eigenvalue weighted by Gasteiger charge is -2.22. The molecule has 0 rings (SSSR count). The van der Waals surface area contributed by atoms with Crippen LogP contribution in [-0.4, -0.2) is 69.8 Å². The van der Waals surface area contributed by atoms with Crippen LogP contribution in [0, 0.1) is 0 Å². The van der Waals surface area contributed by atoms with Crippen LogP contribution in [0.1, 0.15) is 26.7 Å². The summed E-state index contributed by atoms with van der Waals surface area (Å²) in [5.41, 5.74) is 5.50. The molecule has 4 atom stereocenters. The fourth-order valence-electron chi connectivity index (χ4n) is 1.68. The molecular weight excluding hydrogens is 368 g/mol. The van der Waals surface area contributed by atoms with E-state index < -0.39 is 60.2 Å². The summed E-state index contributed by atoms with van der Waals surface area (Å²) in [6, 6.07) is -4.47. The first kappa shape index (κ1) is 23.7. The van der Waals surface area contributed by atoms with Gasteiger partial charge >= 0.3 is 11.9 Å². The molecule has 12 heteroatoms. The van der Waals surface area contributed by atoms with Crippen LogP contribution in [0.4, 0.5) is 0 Å². The van der Waals surface area contributed by atoms with E-state index >= 15 is 0 Å². The van der Waals surface area contributed by atoms with Crippen molar-refractivity contribution in [3.8, 4) is 0 Å². The SMILES string of the molecule is CC(NC(=O)C(C)NC(=O)C(CCC(=O)O)NC(=O)C(N)CS)C(=O)O. The molecule has 0 saturated carbocycles. The molecule has 4 unspecified atom stereocenters. The van der Waals surface area contributed by atoms with E-state index in [4.69, 9.17) is 15.9 Å². The average molecular weight is 392 g/mol. The van der Waals surface area contributed by atoms with E-state index in [1.165, 1.54) is 13.8 Å². The van der Waals surface area contributed by atoms with E-state index in [9.17, 15) is 24.0 Å². The second-order valence-corrected chi connectivity index (χ2v) is 5.95. The Labute approximate surface area is 155 Å². The molecular formula is C14H24N4O7S. The predicted octanol–water partition coefficient (Wildman–Crippen LogP) is -2.31. The van der Waals surface area contributed by atoms with Gasteiger partial charge in [0.1, 0.15) is 18.1 Å². The quantitative estimate of drug-likeness (QED) is 0.191. The van der Waals surface area contributed by atoms with E-state index in [0.717, 1.165) is 0 Å². The number of carbonyl (C=O) groups excluding carboxylic acids is 3. The van der Waals surface area contributed by atoms with Gasteiger partial charge in [-0.15, -0.1) is 0 Å². The van der Waals surface area contributed by atoms with E-state index in [2.05, 4.69) is 28.6 Å². The molecule has 0 aliphatic heterocycles. The van der Waals surface area contributed by atoms with Gasteiger partial charge in [0, 0.05) is 12.2 Å². The largest absolute Gasteiger partial charge is 0.481 e. The van der Waals surface area contributed by atoms with E-state index in [-0.39, 0.29) is 12.2 Å². The number of carbonyl (C=O) groups is 5. The molecule has 0 aromatic carbocycles. The van der Waals surface area contributed by atoms with Gasteiger partial charge in [-0.25, -0.2) is 0 Å². The lowest BCUT2D eigenvalue weighted by molar-refractivity contribution is -0.141. The Balaban J connectivity index is 4.93. The Kier molecular flexibility index (Phi) is 10.3. The third-order valence-corrected chi connectivity index (χ3v) is 3.69. The first-order valence-corrected chi connectivity index (χ1v) is 8.35. The zero-order chi connectivity index (χ0) is 20.4. The first-order valence-electron chi connectivity index (χ1n) is 7.71. The maximum absolute atomic E-state index is 12.3. The van der Waals surface area contributed by atoms with Crippen LogP contribution in [-0.2, 0) is 24.0 Å². The molecule has 0 radical (unpaired) electrons. The van der Waals surface area contributed by atoms with Gasteiger partial charge < -0.3 is 31.9 Å². The Hall–Kier alpha value is -2.34. The zero-order valence-electron chi connectivity index (χ0n) is 14.4. The van der Waals surface area contributed by atoms with E-state index in [1.54, 1.807) is 0 Å². The second-order valence-electron chi connectivity index (χ2n) is 5.58. The van der Waals surface area contributed by atoms with Crippen molar-refractivity contribution >= 4 is 42.3 Å². The molecule has 7 N–H and O–H groups in total. The minimum absolute atomic E-state index is 0.0188. The Bertz CT molecular complexity index is 557. The molecule has 3 amide bonds. The number of hydrogen-bond acceptors (Lipinski definition) is 7. The predicted molar refractivity (Wildman–Crippen MR) is 93.5 cm³/mol. The lowest BCUT2D eigenvalue weighted by atomic mass is 10.1. The highest BCUT2D eigenvalue weighted by Crippen LogP contribution is 2.01. The van der Waals surface area contributed by atoms with Crippen molar-refractivity contribution in [2.24, 2.45) is 5.73 Å². The summed E-state index contributed by atoms with van der Waals surface area (Å²) in [4.78, 5) is 57.4. The molecule has 0 aliphatic carbocycles. The van der Waals surface area contributed by atoms with Crippen LogP contribution in [0.15, 0.2) is 0 Å². The molecule has 0 aromatic heterocycles. The average Bonchev–Trinajstić information content (AvgIpc) is 2.56. The highest BCUT2D eigenvalue weighted by molar-refractivity contribution is 7.80. The third kappa shape index (κ3) is 8.67. The summed E-state index contributed by atoms with van der Waals surface area (Å²) < 4.78 is 0. The molecule has 0 aliphatic rings. The number of nitrogens with two attached hydrogens (primary N) is 1. The smallest absolute Gasteiger partial charge is 0.325 e. The molecule has 148 valence electrons. The lowest BCUT2D eigenvalue weighted by Crippen LogP contribution is -2.56. The number of carboxylic acids is 2. The molecule has 26 heavy (non-hydrogen) atoms. The molecule has 11 nitrogen and oxygen atoms in total. The number of carboxylic acid groups (broad SMARTS) is 2. The third-order valence-electron chi connectivity index (χ3n) is 3.29. The van der Waals surface area contributed by atoms with Crippen LogP contribution in [0.3, 0.4) is 0 Å². The molecule has 0 spiro atoms. The molecule has 0 aromatic rings. The van der Waals surface area contributed by atoms with Gasteiger partial charge in [-0.1, -0.05) is 0 Å². The maximum atomic E-state index is 12.3. The Morgan fingerprint density at radius 1 is 0.923 bits per heavy atom. The summed E-state index contributed by atoms with van der Waals surface area (Å²) in [6.07, 6.45) is -0.614. The monoisotopic (exact) mass is 392 g/mol. The van der Waals surface area contributed by atoms with E-state index in [1.807, 2.05) is 0 Å². The number of amides is 3. The standard InChI is InChI=1S/C14H24N4O7S/c1-6(11(21)17-7(2)14(24)25)16-13(23)9(3-4-10(19)20)18-12(22)8(15)5-26/h6-9,26H,3-5,15H2,1-2H3,(H,16,23)(H,17,21)(H,18,22)(H,19,20)(H,24,25). The van der Waals surface area contributed by atoms with Gasteiger partial charge in [0.2, 0.25) is 17.7 Å². The first-order chi connectivity index (χ1) is 12.0. The van der Waals surface area contributed by atoms with Gasteiger partial charge in [0.15, 0.2) is 0 Å². The fourth-order valence-corrected chi connectivity index (χ4v) is 1.84. The zero-order valence-corrected chi connectivity index (χ0v) is 15.3. The number of nitrogens with one attached hydrogen (secondary N) is 3. The summed E-state index contributed by atoms with van der Waals surface area (Å²) in [6.45, 7) is 2.57. The van der Waals surface area contributed by atoms with Gasteiger partial charge in [0.05, 0.1) is 6.04 Å². The summed E-state index contributed by atoms with van der Waals surface area (Å²) in [7, 11) is 0. The highest BCUT2D eigenvalue weighted by Gasteiger charge is 2.27. The second kappa shape index (κ2) is 11.3. The minimum atomic E-state index is -1.25. The number of hydrogen-bond donors (Lipinski definition) is 7. The van der Waals surface area contributed by atoms with Crippen molar-refractivity contribution in [1.29, 1.82) is 0 Å². The van der Waals surface area contributed by atoms with Gasteiger partial charge in [-0.2, -0.15) is 12.6 Å². The van der Waals surface area contributed by atoms with Gasteiger partial charge in [0.25, 0.3) is 0 Å². The van der Waals surface area contributed by atoms with Crippen LogP contribution in [0.2, 0.25) is 0 Å². The van der Waals surface area contributed by atoms with Crippen molar-refractivity contribution in [2.45, 2.75) is 50.9 Å². The molecule has 0 heterocycles. The fraction of sp³-hybridized carbons (Fsp3) is 0.643. The molecule has 0 fully saturated rings. The van der Waals surface area contributed by atoms with Crippen molar-refractivity contribution in [3.05, 3.63) is 0 Å². The summed E-state index contributed by atoms with van der Waals surface area (Å²) >= 11 is 3.86. The minimum Gasteiger partial charge on any atom is -0.481 e. The number of rotatable bonds is 11. The van der Waals surface area contributed by atoms with Crippen LogP contribution < -0.4 is 21.7 Å². The Morgan fingerprint density at radius 3 is 1.92 bits per heavy atom. The van der Waals surface area contributed by atoms with Gasteiger partial charge in [-0.3, -0.25) is 24.0 Å². The number of aliphatic carboxylic acids is 2. The van der Waals surface area contributed by atoms with Crippen LogP contribution >= 0.6 is 12.6 Å². The molecule has 0 saturated heterocycles. The normalized spacial score (nSPS) is 15.1. The summed E-state index contributed by atoms with van der Waals surface area (Å²) in [5.74, 6) is -4.63. The van der Waals surface area contributed by atoms with Crippen molar-refractivity contribution in [2.75, 3.05) is 5.75 Å². The van der Waals surface area contributed by atoms with Gasteiger partial charge in [-0.05, 0) is 20.3 Å². The van der Waals surface area contributed by atoms with Crippen LogP contribution in [0.25, 0.3) is 0 Å². The summed E-state index contributed by atoms with van der Waals surface area (Å²) in [5, 5.41) is 24.3. The number of thiol groups is 1. The maximum Gasteiger partial charge on any atom is 0.325 e. The van der Waals surface area contributed by atoms with Crippen molar-refractivity contribution < 1.29 is 34.2 Å².